The van der Waals surface area contributed by atoms with Crippen LogP contribution in [0, 0.1) is 5.41 Å². The maximum Gasteiger partial charge on any atom is 0.236 e. The van der Waals surface area contributed by atoms with E-state index in [0.717, 1.165) is 11.3 Å². The number of amides is 2. The molecule has 0 fully saturated rings. The zero-order valence-corrected chi connectivity index (χ0v) is 17.0. The Morgan fingerprint density at radius 2 is 2.00 bits per heavy atom. The van der Waals surface area contributed by atoms with E-state index in [1.807, 2.05) is 38.1 Å². The van der Waals surface area contributed by atoms with Crippen LogP contribution in [-0.2, 0) is 16.0 Å². The number of fused-ring (bicyclic) bond motifs is 1. The van der Waals surface area contributed by atoms with Crippen LogP contribution in [0.5, 0.6) is 11.5 Å². The quantitative estimate of drug-likeness (QED) is 0.757. The third-order valence-corrected chi connectivity index (χ3v) is 4.78. The molecule has 0 spiro atoms. The number of anilines is 2. The summed E-state index contributed by atoms with van der Waals surface area (Å²) in [5.41, 5.74) is 1.46. The largest absolute Gasteiger partial charge is 0.497 e. The molecule has 1 N–H and O–H groups in total. The fourth-order valence-corrected chi connectivity index (χ4v) is 3.17. The lowest BCUT2D eigenvalue weighted by molar-refractivity contribution is -0.127. The fourth-order valence-electron chi connectivity index (χ4n) is 3.17. The van der Waals surface area contributed by atoms with Gasteiger partial charge in [-0.15, -0.1) is 6.58 Å². The van der Waals surface area contributed by atoms with Crippen LogP contribution in [0.25, 0.3) is 0 Å². The van der Waals surface area contributed by atoms with Crippen LogP contribution < -0.4 is 19.7 Å². The first kappa shape index (κ1) is 20.5. The molecule has 1 aliphatic rings. The minimum Gasteiger partial charge on any atom is -0.497 e. The Morgan fingerprint density at radius 3 is 2.66 bits per heavy atom. The molecule has 0 radical (unpaired) electrons. The minimum atomic E-state index is -0.653. The SMILES string of the molecule is C=CCN1C(=O)C(C)(C)COc2ccc(NC(=O)Cc3ccc(OC)cc3)cc21. The molecule has 1 heterocycles. The zero-order valence-electron chi connectivity index (χ0n) is 17.0. The van der Waals surface area contributed by atoms with Crippen LogP contribution in [0.2, 0.25) is 0 Å². The first-order valence-corrected chi connectivity index (χ1v) is 9.46. The molecule has 2 amide bonds. The molecule has 0 saturated heterocycles. The Balaban J connectivity index is 1.80. The summed E-state index contributed by atoms with van der Waals surface area (Å²) in [6.45, 7) is 8.12. The summed E-state index contributed by atoms with van der Waals surface area (Å²) in [6, 6.07) is 12.7. The highest BCUT2D eigenvalue weighted by atomic mass is 16.5. The van der Waals surface area contributed by atoms with Crippen molar-refractivity contribution in [3.63, 3.8) is 0 Å². The van der Waals surface area contributed by atoms with Crippen molar-refractivity contribution in [2.75, 3.05) is 30.5 Å². The lowest BCUT2D eigenvalue weighted by atomic mass is 9.93. The van der Waals surface area contributed by atoms with Gasteiger partial charge < -0.3 is 19.7 Å². The highest BCUT2D eigenvalue weighted by Gasteiger charge is 2.37. The van der Waals surface area contributed by atoms with E-state index >= 15 is 0 Å². The summed E-state index contributed by atoms with van der Waals surface area (Å²) in [4.78, 5) is 27.1. The van der Waals surface area contributed by atoms with Crippen LogP contribution in [0.3, 0.4) is 0 Å². The topological polar surface area (TPSA) is 67.9 Å². The molecule has 29 heavy (non-hydrogen) atoms. The third kappa shape index (κ3) is 4.59. The van der Waals surface area contributed by atoms with Gasteiger partial charge in [0.25, 0.3) is 0 Å². The van der Waals surface area contributed by atoms with Crippen molar-refractivity contribution >= 4 is 23.2 Å². The maximum absolute atomic E-state index is 12.9. The summed E-state index contributed by atoms with van der Waals surface area (Å²) in [5, 5.41) is 2.90. The van der Waals surface area contributed by atoms with Gasteiger partial charge in [-0.3, -0.25) is 9.59 Å². The molecule has 6 nitrogen and oxygen atoms in total. The lowest BCUT2D eigenvalue weighted by Crippen LogP contribution is -2.42. The van der Waals surface area contributed by atoms with E-state index in [9.17, 15) is 9.59 Å². The standard InChI is InChI=1S/C23H26N2O4/c1-5-12-25-19-14-17(8-11-20(19)29-15-23(2,3)22(25)27)24-21(26)13-16-6-9-18(28-4)10-7-16/h5-11,14H,1,12-13,15H2,2-4H3,(H,24,26). The molecular formula is C23H26N2O4. The van der Waals surface area contributed by atoms with Gasteiger partial charge in [-0.05, 0) is 49.7 Å². The Labute approximate surface area is 171 Å². The van der Waals surface area contributed by atoms with Crippen molar-refractivity contribution < 1.29 is 19.1 Å². The van der Waals surface area contributed by atoms with E-state index in [2.05, 4.69) is 11.9 Å². The number of nitrogens with one attached hydrogen (secondary N) is 1. The van der Waals surface area contributed by atoms with Crippen LogP contribution in [0.1, 0.15) is 19.4 Å². The van der Waals surface area contributed by atoms with Gasteiger partial charge in [0.2, 0.25) is 11.8 Å². The monoisotopic (exact) mass is 394 g/mol. The normalized spacial score (nSPS) is 15.0. The number of hydrogen-bond acceptors (Lipinski definition) is 4. The zero-order chi connectivity index (χ0) is 21.0. The van der Waals surface area contributed by atoms with Gasteiger partial charge in [0.1, 0.15) is 18.1 Å². The first-order chi connectivity index (χ1) is 13.8. The second kappa shape index (κ2) is 8.39. The molecule has 152 valence electrons. The molecular weight excluding hydrogens is 368 g/mol. The van der Waals surface area contributed by atoms with Gasteiger partial charge in [0.15, 0.2) is 0 Å². The average Bonchev–Trinajstić information content (AvgIpc) is 2.79. The van der Waals surface area contributed by atoms with Gasteiger partial charge in [0.05, 0.1) is 24.6 Å². The molecule has 3 rings (SSSR count). The fraction of sp³-hybridized carbons (Fsp3) is 0.304. The number of carbonyl (C=O) groups excluding carboxylic acids is 2. The molecule has 0 aliphatic carbocycles. The minimum absolute atomic E-state index is 0.0436. The van der Waals surface area contributed by atoms with Crippen molar-refractivity contribution in [3.8, 4) is 11.5 Å². The van der Waals surface area contributed by atoms with E-state index in [1.54, 1.807) is 36.3 Å². The summed E-state index contributed by atoms with van der Waals surface area (Å²) < 4.78 is 11.0. The second-order valence-electron chi connectivity index (χ2n) is 7.63. The Morgan fingerprint density at radius 1 is 1.28 bits per heavy atom. The highest BCUT2D eigenvalue weighted by molar-refractivity contribution is 6.01. The number of ether oxygens (including phenoxy) is 2. The summed E-state index contributed by atoms with van der Waals surface area (Å²) >= 11 is 0. The van der Waals surface area contributed by atoms with Gasteiger partial charge in [-0.1, -0.05) is 18.2 Å². The van der Waals surface area contributed by atoms with E-state index < -0.39 is 5.41 Å². The Hall–Kier alpha value is -3.28. The molecule has 1 aliphatic heterocycles. The number of nitrogens with zero attached hydrogens (tertiary/aromatic N) is 1. The van der Waals surface area contributed by atoms with Crippen LogP contribution in [0.15, 0.2) is 55.1 Å². The number of carbonyl (C=O) groups is 2. The van der Waals surface area contributed by atoms with Gasteiger partial charge >= 0.3 is 0 Å². The number of benzene rings is 2. The molecule has 0 aromatic heterocycles. The van der Waals surface area contributed by atoms with Crippen molar-refractivity contribution in [1.29, 1.82) is 0 Å². The van der Waals surface area contributed by atoms with Crippen molar-refractivity contribution in [2.24, 2.45) is 5.41 Å². The smallest absolute Gasteiger partial charge is 0.236 e. The lowest BCUT2D eigenvalue weighted by Gasteiger charge is -2.27. The average molecular weight is 394 g/mol. The number of rotatable bonds is 6. The molecule has 0 bridgehead atoms. The summed E-state index contributed by atoms with van der Waals surface area (Å²) in [6.07, 6.45) is 1.91. The van der Waals surface area contributed by atoms with Crippen molar-refractivity contribution in [3.05, 3.63) is 60.7 Å². The highest BCUT2D eigenvalue weighted by Crippen LogP contribution is 2.38. The molecule has 6 heteroatoms. The van der Waals surface area contributed by atoms with E-state index in [4.69, 9.17) is 9.47 Å². The number of hydrogen-bond donors (Lipinski definition) is 1. The Bertz CT molecular complexity index is 919. The summed E-state index contributed by atoms with van der Waals surface area (Å²) in [7, 11) is 1.60. The van der Waals surface area contributed by atoms with E-state index in [-0.39, 0.29) is 24.8 Å². The van der Waals surface area contributed by atoms with Crippen LogP contribution in [0.4, 0.5) is 11.4 Å². The van der Waals surface area contributed by atoms with E-state index in [1.165, 1.54) is 0 Å². The maximum atomic E-state index is 12.9. The molecule has 2 aromatic rings. The Kier molecular flexibility index (Phi) is 5.92. The van der Waals surface area contributed by atoms with Gasteiger partial charge in [-0.2, -0.15) is 0 Å². The molecule has 0 unspecified atom stereocenters. The predicted molar refractivity (Wildman–Crippen MR) is 114 cm³/mol. The third-order valence-electron chi connectivity index (χ3n) is 4.78. The van der Waals surface area contributed by atoms with E-state index in [0.29, 0.717) is 23.7 Å². The summed E-state index contributed by atoms with van der Waals surface area (Å²) in [5.74, 6) is 1.16. The molecule has 2 aromatic carbocycles. The first-order valence-electron chi connectivity index (χ1n) is 9.46. The van der Waals surface area contributed by atoms with Crippen LogP contribution in [-0.4, -0.2) is 32.1 Å². The second-order valence-corrected chi connectivity index (χ2v) is 7.63. The predicted octanol–water partition coefficient (Wildman–Crippen LogP) is 3.81. The van der Waals surface area contributed by atoms with Gasteiger partial charge in [0, 0.05) is 12.2 Å². The van der Waals surface area contributed by atoms with Gasteiger partial charge in [-0.25, -0.2) is 0 Å². The van der Waals surface area contributed by atoms with Crippen molar-refractivity contribution in [2.45, 2.75) is 20.3 Å². The van der Waals surface area contributed by atoms with Crippen LogP contribution >= 0.6 is 0 Å². The number of methoxy groups -OCH3 is 1. The van der Waals surface area contributed by atoms with Crippen molar-refractivity contribution in [1.82, 2.24) is 0 Å². The molecule has 0 atom stereocenters. The molecule has 0 saturated carbocycles.